The molecule has 0 radical (unpaired) electrons. The summed E-state index contributed by atoms with van der Waals surface area (Å²) < 4.78 is 1.10. The number of nitrogens with one attached hydrogen (secondary N) is 1. The van der Waals surface area contributed by atoms with Crippen molar-refractivity contribution in [3.05, 3.63) is 34.9 Å². The number of nitrogens with zero attached hydrogens (tertiary/aromatic N) is 1. The topological polar surface area (TPSA) is 50.9 Å². The number of anilines is 1. The Labute approximate surface area is 116 Å². The lowest BCUT2D eigenvalue weighted by atomic mass is 10.1. The molecule has 0 saturated heterocycles. The third kappa shape index (κ3) is 3.00. The molecule has 0 amide bonds. The van der Waals surface area contributed by atoms with E-state index < -0.39 is 0 Å². The third-order valence-electron chi connectivity index (χ3n) is 3.03. The van der Waals surface area contributed by atoms with Gasteiger partial charge in [0.25, 0.3) is 0 Å². The second-order valence-corrected chi connectivity index (χ2v) is 5.41. The predicted molar refractivity (Wildman–Crippen MR) is 80.8 cm³/mol. The second kappa shape index (κ2) is 6.16. The molecule has 18 heavy (non-hydrogen) atoms. The zero-order chi connectivity index (χ0) is 13.0. The normalized spacial score (nSPS) is 12.6. The molecule has 1 aromatic heterocycles. The fraction of sp³-hybridized carbons (Fsp3) is 0.357. The van der Waals surface area contributed by atoms with Crippen molar-refractivity contribution in [1.29, 1.82) is 0 Å². The first kappa shape index (κ1) is 13.3. The number of pyridine rings is 1. The molecule has 0 spiro atoms. The van der Waals surface area contributed by atoms with Crippen LogP contribution in [0.5, 0.6) is 0 Å². The number of nitrogens with two attached hydrogens (primary N) is 1. The molecule has 0 saturated carbocycles. The van der Waals surface area contributed by atoms with E-state index in [1.54, 1.807) is 0 Å². The Morgan fingerprint density at radius 1 is 1.33 bits per heavy atom. The fourth-order valence-corrected chi connectivity index (χ4v) is 2.47. The van der Waals surface area contributed by atoms with Crippen LogP contribution in [0.2, 0.25) is 0 Å². The first-order valence-corrected chi connectivity index (χ1v) is 6.99. The molecule has 0 aliphatic rings. The molecular formula is C14H18BrN3. The standard InChI is InChI=1S/C14H18BrN3/c1-10(5-7-16)9-18-14-12-3-2-4-13(15)11(12)6-8-17-14/h2-4,6,8,10H,5,7,9,16H2,1H3,(H,17,18). The maximum Gasteiger partial charge on any atom is 0.133 e. The Balaban J connectivity index is 2.21. The van der Waals surface area contributed by atoms with Gasteiger partial charge in [0.05, 0.1) is 0 Å². The van der Waals surface area contributed by atoms with Gasteiger partial charge in [-0.15, -0.1) is 0 Å². The van der Waals surface area contributed by atoms with Gasteiger partial charge in [0.2, 0.25) is 0 Å². The summed E-state index contributed by atoms with van der Waals surface area (Å²) in [4.78, 5) is 4.42. The van der Waals surface area contributed by atoms with Gasteiger partial charge in [-0.3, -0.25) is 0 Å². The predicted octanol–water partition coefficient (Wildman–Crippen LogP) is 3.39. The molecule has 0 bridgehead atoms. The molecule has 1 atom stereocenters. The number of hydrogen-bond acceptors (Lipinski definition) is 3. The minimum atomic E-state index is 0.555. The summed E-state index contributed by atoms with van der Waals surface area (Å²) in [6.07, 6.45) is 2.87. The molecule has 0 fully saturated rings. The molecule has 1 heterocycles. The SMILES string of the molecule is CC(CCN)CNc1nccc2c(Br)cccc12. The molecule has 1 unspecified atom stereocenters. The average molecular weight is 308 g/mol. The van der Waals surface area contributed by atoms with Crippen LogP contribution >= 0.6 is 15.9 Å². The quantitative estimate of drug-likeness (QED) is 0.890. The summed E-state index contributed by atoms with van der Waals surface area (Å²) in [6, 6.07) is 8.18. The van der Waals surface area contributed by atoms with Gasteiger partial charge < -0.3 is 11.1 Å². The highest BCUT2D eigenvalue weighted by atomic mass is 79.9. The highest BCUT2D eigenvalue weighted by molar-refractivity contribution is 9.10. The van der Waals surface area contributed by atoms with Crippen LogP contribution in [0.15, 0.2) is 34.9 Å². The maximum atomic E-state index is 5.56. The van der Waals surface area contributed by atoms with Crippen molar-refractivity contribution in [2.24, 2.45) is 11.7 Å². The van der Waals surface area contributed by atoms with Crippen LogP contribution in [0.3, 0.4) is 0 Å². The van der Waals surface area contributed by atoms with Crippen molar-refractivity contribution in [3.63, 3.8) is 0 Å². The van der Waals surface area contributed by atoms with E-state index in [0.29, 0.717) is 5.92 Å². The van der Waals surface area contributed by atoms with E-state index in [9.17, 15) is 0 Å². The van der Waals surface area contributed by atoms with Gasteiger partial charge in [-0.05, 0) is 31.0 Å². The fourth-order valence-electron chi connectivity index (χ4n) is 1.97. The molecule has 3 nitrogen and oxygen atoms in total. The van der Waals surface area contributed by atoms with Crippen molar-refractivity contribution in [1.82, 2.24) is 4.98 Å². The molecule has 0 aliphatic carbocycles. The zero-order valence-corrected chi connectivity index (χ0v) is 12.1. The summed E-state index contributed by atoms with van der Waals surface area (Å²) in [5.41, 5.74) is 5.56. The Bertz CT molecular complexity index is 527. The van der Waals surface area contributed by atoms with E-state index in [2.05, 4.69) is 39.2 Å². The lowest BCUT2D eigenvalue weighted by Gasteiger charge is -2.13. The molecular weight excluding hydrogens is 290 g/mol. The lowest BCUT2D eigenvalue weighted by molar-refractivity contribution is 0.568. The summed E-state index contributed by atoms with van der Waals surface area (Å²) in [5, 5.41) is 5.74. The van der Waals surface area contributed by atoms with Gasteiger partial charge >= 0.3 is 0 Å². The number of rotatable bonds is 5. The van der Waals surface area contributed by atoms with Crippen molar-refractivity contribution < 1.29 is 0 Å². The van der Waals surface area contributed by atoms with Gasteiger partial charge in [0, 0.05) is 28.0 Å². The van der Waals surface area contributed by atoms with Crippen molar-refractivity contribution in [3.8, 4) is 0 Å². The van der Waals surface area contributed by atoms with E-state index >= 15 is 0 Å². The van der Waals surface area contributed by atoms with Crippen molar-refractivity contribution >= 4 is 32.5 Å². The minimum Gasteiger partial charge on any atom is -0.369 e. The van der Waals surface area contributed by atoms with E-state index in [1.807, 2.05) is 24.4 Å². The smallest absolute Gasteiger partial charge is 0.133 e. The average Bonchev–Trinajstić information content (AvgIpc) is 2.37. The van der Waals surface area contributed by atoms with Crippen LogP contribution in [-0.2, 0) is 0 Å². The Hall–Kier alpha value is -1.13. The highest BCUT2D eigenvalue weighted by Gasteiger charge is 2.06. The van der Waals surface area contributed by atoms with Gasteiger partial charge in [-0.2, -0.15) is 0 Å². The maximum absolute atomic E-state index is 5.56. The van der Waals surface area contributed by atoms with Crippen LogP contribution in [0, 0.1) is 5.92 Å². The first-order valence-electron chi connectivity index (χ1n) is 6.19. The van der Waals surface area contributed by atoms with E-state index in [4.69, 9.17) is 5.73 Å². The Morgan fingerprint density at radius 2 is 2.17 bits per heavy atom. The summed E-state index contributed by atoms with van der Waals surface area (Å²) in [7, 11) is 0. The summed E-state index contributed by atoms with van der Waals surface area (Å²) in [5.74, 6) is 1.50. The summed E-state index contributed by atoms with van der Waals surface area (Å²) in [6.45, 7) is 3.83. The number of hydrogen-bond donors (Lipinski definition) is 2. The van der Waals surface area contributed by atoms with Crippen LogP contribution in [0.25, 0.3) is 10.8 Å². The van der Waals surface area contributed by atoms with Crippen LogP contribution in [-0.4, -0.2) is 18.1 Å². The largest absolute Gasteiger partial charge is 0.369 e. The molecule has 1 aromatic carbocycles. The first-order chi connectivity index (χ1) is 8.72. The van der Waals surface area contributed by atoms with E-state index in [0.717, 1.165) is 35.2 Å². The number of aromatic nitrogens is 1. The molecule has 2 aromatic rings. The molecule has 4 heteroatoms. The van der Waals surface area contributed by atoms with E-state index in [1.165, 1.54) is 5.39 Å². The van der Waals surface area contributed by atoms with Crippen LogP contribution in [0.1, 0.15) is 13.3 Å². The Kier molecular flexibility index (Phi) is 4.55. The third-order valence-corrected chi connectivity index (χ3v) is 3.72. The number of fused-ring (bicyclic) bond motifs is 1. The minimum absolute atomic E-state index is 0.555. The monoisotopic (exact) mass is 307 g/mol. The molecule has 0 aliphatic heterocycles. The number of benzene rings is 1. The molecule has 3 N–H and O–H groups in total. The van der Waals surface area contributed by atoms with E-state index in [-0.39, 0.29) is 0 Å². The van der Waals surface area contributed by atoms with Crippen LogP contribution < -0.4 is 11.1 Å². The highest BCUT2D eigenvalue weighted by Crippen LogP contribution is 2.27. The second-order valence-electron chi connectivity index (χ2n) is 4.56. The van der Waals surface area contributed by atoms with Gasteiger partial charge in [-0.1, -0.05) is 35.0 Å². The lowest BCUT2D eigenvalue weighted by Crippen LogP contribution is -2.15. The zero-order valence-electron chi connectivity index (χ0n) is 10.5. The van der Waals surface area contributed by atoms with Gasteiger partial charge in [-0.25, -0.2) is 4.98 Å². The van der Waals surface area contributed by atoms with Crippen LogP contribution in [0.4, 0.5) is 5.82 Å². The number of halogens is 1. The van der Waals surface area contributed by atoms with Crippen molar-refractivity contribution in [2.75, 3.05) is 18.4 Å². The Morgan fingerprint density at radius 3 is 2.94 bits per heavy atom. The van der Waals surface area contributed by atoms with Gasteiger partial charge in [0.15, 0.2) is 0 Å². The molecule has 96 valence electrons. The van der Waals surface area contributed by atoms with Gasteiger partial charge in [0.1, 0.15) is 5.82 Å². The molecule has 2 rings (SSSR count). The summed E-state index contributed by atoms with van der Waals surface area (Å²) >= 11 is 3.56. The van der Waals surface area contributed by atoms with Crippen molar-refractivity contribution in [2.45, 2.75) is 13.3 Å².